The number of aromatic nitrogens is 1. The minimum atomic E-state index is -0.219. The number of carbonyl (C=O) groups is 1. The van der Waals surface area contributed by atoms with Crippen LogP contribution in [0.15, 0.2) is 71.7 Å². The molecule has 0 fully saturated rings. The summed E-state index contributed by atoms with van der Waals surface area (Å²) >= 11 is 0. The highest BCUT2D eigenvalue weighted by atomic mass is 16.1. The summed E-state index contributed by atoms with van der Waals surface area (Å²) in [5.41, 5.74) is 3.70. The van der Waals surface area contributed by atoms with Crippen molar-refractivity contribution in [2.24, 2.45) is 0 Å². The Morgan fingerprint density at radius 1 is 1.04 bits per heavy atom. The van der Waals surface area contributed by atoms with Crippen molar-refractivity contribution >= 4 is 5.91 Å². The molecule has 4 heteroatoms. The van der Waals surface area contributed by atoms with E-state index >= 15 is 0 Å². The van der Waals surface area contributed by atoms with Gasteiger partial charge in [-0.15, -0.1) is 0 Å². The van der Waals surface area contributed by atoms with E-state index in [1.54, 1.807) is 6.07 Å². The summed E-state index contributed by atoms with van der Waals surface area (Å²) in [7, 11) is 0. The fourth-order valence-electron chi connectivity index (χ4n) is 2.44. The van der Waals surface area contributed by atoms with E-state index in [1.807, 2.05) is 61.5 Å². The molecular formula is C20H18N2O2. The summed E-state index contributed by atoms with van der Waals surface area (Å²) in [6.45, 7) is 2.46. The van der Waals surface area contributed by atoms with Crippen LogP contribution in [0.1, 0.15) is 21.5 Å². The molecule has 0 radical (unpaired) electrons. The molecule has 3 rings (SSSR count). The van der Waals surface area contributed by atoms with Crippen LogP contribution >= 0.6 is 0 Å². The van der Waals surface area contributed by atoms with Gasteiger partial charge in [-0.3, -0.25) is 9.59 Å². The summed E-state index contributed by atoms with van der Waals surface area (Å²) < 4.78 is 0. The normalized spacial score (nSPS) is 10.4. The Hall–Kier alpha value is -3.14. The standard InChI is InChI=1S/C20H18N2O2/c1-14-7-9-15(10-8-14)12-21-19(23)17-11-18(20(24)22-13-17)16-5-3-2-4-6-16/h2-11,13H,12H2,1H3,(H,21,23)(H,22,24). The van der Waals surface area contributed by atoms with Crippen LogP contribution in [-0.4, -0.2) is 10.9 Å². The van der Waals surface area contributed by atoms with Crippen LogP contribution in [0.25, 0.3) is 11.1 Å². The van der Waals surface area contributed by atoms with E-state index in [9.17, 15) is 9.59 Å². The molecule has 120 valence electrons. The fourth-order valence-corrected chi connectivity index (χ4v) is 2.44. The predicted octanol–water partition coefficient (Wildman–Crippen LogP) is 3.28. The van der Waals surface area contributed by atoms with Crippen LogP contribution < -0.4 is 10.9 Å². The van der Waals surface area contributed by atoms with Crippen LogP contribution in [-0.2, 0) is 6.54 Å². The second kappa shape index (κ2) is 6.96. The molecule has 0 aliphatic carbocycles. The fraction of sp³-hybridized carbons (Fsp3) is 0.100. The molecule has 2 aromatic carbocycles. The largest absolute Gasteiger partial charge is 0.348 e. The van der Waals surface area contributed by atoms with E-state index in [0.29, 0.717) is 17.7 Å². The van der Waals surface area contributed by atoms with Gasteiger partial charge in [0.25, 0.3) is 11.5 Å². The van der Waals surface area contributed by atoms with E-state index in [-0.39, 0.29) is 11.5 Å². The monoisotopic (exact) mass is 318 g/mol. The first-order valence-corrected chi connectivity index (χ1v) is 7.75. The average Bonchev–Trinajstić information content (AvgIpc) is 2.62. The number of hydrogen-bond acceptors (Lipinski definition) is 2. The highest BCUT2D eigenvalue weighted by Gasteiger charge is 2.10. The molecule has 0 spiro atoms. The maximum Gasteiger partial charge on any atom is 0.255 e. The number of aromatic amines is 1. The summed E-state index contributed by atoms with van der Waals surface area (Å²) in [4.78, 5) is 27.0. The summed E-state index contributed by atoms with van der Waals surface area (Å²) in [6.07, 6.45) is 1.44. The Labute approximate surface area is 140 Å². The molecule has 0 unspecified atom stereocenters. The summed E-state index contributed by atoms with van der Waals surface area (Å²) in [6, 6.07) is 18.9. The van der Waals surface area contributed by atoms with Gasteiger partial charge >= 0.3 is 0 Å². The van der Waals surface area contributed by atoms with Gasteiger partial charge in [0.1, 0.15) is 0 Å². The lowest BCUT2D eigenvalue weighted by Crippen LogP contribution is -2.24. The van der Waals surface area contributed by atoms with Crippen molar-refractivity contribution < 1.29 is 4.79 Å². The van der Waals surface area contributed by atoms with Crippen molar-refractivity contribution in [3.05, 3.63) is 93.9 Å². The van der Waals surface area contributed by atoms with Crippen molar-refractivity contribution in [1.29, 1.82) is 0 Å². The van der Waals surface area contributed by atoms with Crippen molar-refractivity contribution in [2.45, 2.75) is 13.5 Å². The van der Waals surface area contributed by atoms with Gasteiger partial charge in [-0.25, -0.2) is 0 Å². The Kier molecular flexibility index (Phi) is 4.57. The van der Waals surface area contributed by atoms with Gasteiger partial charge in [0.05, 0.1) is 5.56 Å². The highest BCUT2D eigenvalue weighted by molar-refractivity contribution is 5.95. The zero-order valence-corrected chi connectivity index (χ0v) is 13.4. The number of nitrogens with one attached hydrogen (secondary N) is 2. The van der Waals surface area contributed by atoms with Gasteiger partial charge in [-0.05, 0) is 24.1 Å². The third-order valence-electron chi connectivity index (χ3n) is 3.82. The van der Waals surface area contributed by atoms with Gasteiger partial charge in [0.15, 0.2) is 0 Å². The van der Waals surface area contributed by atoms with Gasteiger partial charge in [0.2, 0.25) is 0 Å². The van der Waals surface area contributed by atoms with Crippen molar-refractivity contribution in [3.8, 4) is 11.1 Å². The van der Waals surface area contributed by atoms with Crippen LogP contribution in [0.3, 0.4) is 0 Å². The van der Waals surface area contributed by atoms with Crippen molar-refractivity contribution in [3.63, 3.8) is 0 Å². The maximum atomic E-state index is 12.3. The van der Waals surface area contributed by atoms with Crippen LogP contribution in [0.2, 0.25) is 0 Å². The molecule has 1 heterocycles. The first kappa shape index (κ1) is 15.7. The number of benzene rings is 2. The molecule has 0 atom stereocenters. The number of H-pyrrole nitrogens is 1. The highest BCUT2D eigenvalue weighted by Crippen LogP contribution is 2.15. The molecule has 0 aliphatic heterocycles. The van der Waals surface area contributed by atoms with Gasteiger partial charge in [-0.1, -0.05) is 60.2 Å². The lowest BCUT2D eigenvalue weighted by atomic mass is 10.1. The van der Waals surface area contributed by atoms with Gasteiger partial charge < -0.3 is 10.3 Å². The third-order valence-corrected chi connectivity index (χ3v) is 3.82. The predicted molar refractivity (Wildman–Crippen MR) is 94.8 cm³/mol. The molecule has 2 N–H and O–H groups in total. The SMILES string of the molecule is Cc1ccc(CNC(=O)c2c[nH]c(=O)c(-c3ccccc3)c2)cc1. The molecule has 0 saturated carbocycles. The van der Waals surface area contributed by atoms with Gasteiger partial charge in [0, 0.05) is 18.3 Å². The third kappa shape index (κ3) is 3.60. The second-order valence-electron chi connectivity index (χ2n) is 5.67. The number of amides is 1. The lowest BCUT2D eigenvalue weighted by molar-refractivity contribution is 0.0950. The molecule has 0 bridgehead atoms. The smallest absolute Gasteiger partial charge is 0.255 e. The van der Waals surface area contributed by atoms with E-state index in [4.69, 9.17) is 0 Å². The topological polar surface area (TPSA) is 62.0 Å². The van der Waals surface area contributed by atoms with Crippen molar-refractivity contribution in [2.75, 3.05) is 0 Å². The number of aryl methyl sites for hydroxylation is 1. The van der Waals surface area contributed by atoms with Crippen LogP contribution in [0.4, 0.5) is 0 Å². The number of rotatable bonds is 4. The molecular weight excluding hydrogens is 300 g/mol. The Balaban J connectivity index is 1.78. The molecule has 3 aromatic rings. The van der Waals surface area contributed by atoms with E-state index in [0.717, 1.165) is 11.1 Å². The number of hydrogen-bond donors (Lipinski definition) is 2. The van der Waals surface area contributed by atoms with Crippen molar-refractivity contribution in [1.82, 2.24) is 10.3 Å². The minimum absolute atomic E-state index is 0.212. The molecule has 1 aromatic heterocycles. The van der Waals surface area contributed by atoms with Crippen LogP contribution in [0, 0.1) is 6.92 Å². The zero-order chi connectivity index (χ0) is 16.9. The second-order valence-corrected chi connectivity index (χ2v) is 5.67. The lowest BCUT2D eigenvalue weighted by Gasteiger charge is -2.07. The summed E-state index contributed by atoms with van der Waals surface area (Å²) in [5.74, 6) is -0.219. The maximum absolute atomic E-state index is 12.3. The van der Waals surface area contributed by atoms with Gasteiger partial charge in [-0.2, -0.15) is 0 Å². The first-order valence-electron chi connectivity index (χ1n) is 7.75. The molecule has 4 nitrogen and oxygen atoms in total. The number of pyridine rings is 1. The quantitative estimate of drug-likeness (QED) is 0.775. The first-order chi connectivity index (χ1) is 11.6. The molecule has 0 aliphatic rings. The zero-order valence-electron chi connectivity index (χ0n) is 13.4. The summed E-state index contributed by atoms with van der Waals surface area (Å²) in [5, 5.41) is 2.87. The minimum Gasteiger partial charge on any atom is -0.348 e. The molecule has 1 amide bonds. The average molecular weight is 318 g/mol. The molecule has 0 saturated heterocycles. The van der Waals surface area contributed by atoms with E-state index in [1.165, 1.54) is 11.8 Å². The number of carbonyl (C=O) groups excluding carboxylic acids is 1. The van der Waals surface area contributed by atoms with Crippen LogP contribution in [0.5, 0.6) is 0 Å². The Bertz CT molecular complexity index is 897. The van der Waals surface area contributed by atoms with E-state index < -0.39 is 0 Å². The Morgan fingerprint density at radius 2 is 1.75 bits per heavy atom. The molecule has 24 heavy (non-hydrogen) atoms. The Morgan fingerprint density at radius 3 is 2.46 bits per heavy atom. The van der Waals surface area contributed by atoms with E-state index in [2.05, 4.69) is 10.3 Å².